The molecule has 0 radical (unpaired) electrons. The van der Waals surface area contributed by atoms with Gasteiger partial charge in [-0.15, -0.1) is 0 Å². The van der Waals surface area contributed by atoms with E-state index in [1.807, 2.05) is 27.0 Å². The molecule has 1 fully saturated rings. The first kappa shape index (κ1) is 9.43. The van der Waals surface area contributed by atoms with Crippen molar-refractivity contribution in [2.45, 2.75) is 26.4 Å². The number of carbonyl (C=O) groups excluding carboxylic acids is 1. The maximum atomic E-state index is 10.8. The molecule has 1 aromatic heterocycles. The molecule has 0 atom stereocenters. The molecule has 0 N–H and O–H groups in total. The van der Waals surface area contributed by atoms with Gasteiger partial charge in [0.2, 0.25) is 6.29 Å². The summed E-state index contributed by atoms with van der Waals surface area (Å²) < 4.78 is 12.5. The first-order valence-corrected chi connectivity index (χ1v) is 4.55. The molecule has 1 aromatic rings. The molecule has 4 heteroatoms. The Bertz CT molecular complexity index is 364. The highest BCUT2D eigenvalue weighted by atomic mass is 16.9. The maximum Gasteiger partial charge on any atom is 0.204 e. The largest absolute Gasteiger partial charge is 0.341 e. The van der Waals surface area contributed by atoms with Crippen molar-refractivity contribution in [3.05, 3.63) is 23.0 Å². The molecule has 1 aliphatic rings. The summed E-state index contributed by atoms with van der Waals surface area (Å²) >= 11 is 0. The molecule has 4 nitrogen and oxygen atoms in total. The summed E-state index contributed by atoms with van der Waals surface area (Å²) in [7, 11) is 1.84. The van der Waals surface area contributed by atoms with Crippen LogP contribution in [-0.4, -0.2) is 17.1 Å². The maximum absolute atomic E-state index is 10.8. The van der Waals surface area contributed by atoms with Crippen molar-refractivity contribution < 1.29 is 14.3 Å². The van der Waals surface area contributed by atoms with Crippen molar-refractivity contribution in [2.24, 2.45) is 7.05 Å². The summed E-state index contributed by atoms with van der Waals surface area (Å²) in [5, 5.41) is 0. The van der Waals surface area contributed by atoms with Crippen LogP contribution in [0.2, 0.25) is 0 Å². The topological polar surface area (TPSA) is 40.5 Å². The van der Waals surface area contributed by atoms with E-state index in [-0.39, 0.29) is 12.6 Å². The SMILES string of the molecule is Cc1cc(C2OC(C)O2)n(C)c1C=O. The number of nitrogens with zero attached hydrogens (tertiary/aromatic N) is 1. The number of ether oxygens (including phenoxy) is 2. The lowest BCUT2D eigenvalue weighted by Crippen LogP contribution is -2.32. The normalized spacial score (nSPS) is 25.9. The molecule has 2 rings (SSSR count). The fourth-order valence-corrected chi connectivity index (χ4v) is 1.69. The van der Waals surface area contributed by atoms with E-state index in [2.05, 4.69) is 0 Å². The van der Waals surface area contributed by atoms with Crippen molar-refractivity contribution >= 4 is 6.29 Å². The van der Waals surface area contributed by atoms with Crippen molar-refractivity contribution in [3.63, 3.8) is 0 Å². The van der Waals surface area contributed by atoms with Crippen LogP contribution in [0, 0.1) is 6.92 Å². The minimum atomic E-state index is -0.317. The van der Waals surface area contributed by atoms with Gasteiger partial charge in [0.05, 0.1) is 11.4 Å². The van der Waals surface area contributed by atoms with Gasteiger partial charge in [-0.05, 0) is 25.5 Å². The lowest BCUT2D eigenvalue weighted by atomic mass is 10.3. The number of aromatic nitrogens is 1. The number of hydrogen-bond acceptors (Lipinski definition) is 3. The zero-order chi connectivity index (χ0) is 10.3. The first-order valence-electron chi connectivity index (χ1n) is 4.55. The molecule has 0 bridgehead atoms. The summed E-state index contributed by atoms with van der Waals surface area (Å²) in [6, 6.07) is 1.92. The molecule has 0 aromatic carbocycles. The number of aryl methyl sites for hydroxylation is 1. The number of aldehydes is 1. The van der Waals surface area contributed by atoms with E-state index in [9.17, 15) is 4.79 Å². The highest BCUT2D eigenvalue weighted by Gasteiger charge is 2.31. The van der Waals surface area contributed by atoms with Gasteiger partial charge in [0.25, 0.3) is 0 Å². The van der Waals surface area contributed by atoms with Crippen LogP contribution in [0.3, 0.4) is 0 Å². The third-order valence-electron chi connectivity index (χ3n) is 2.50. The van der Waals surface area contributed by atoms with Crippen LogP contribution in [0.25, 0.3) is 0 Å². The van der Waals surface area contributed by atoms with Crippen molar-refractivity contribution in [2.75, 3.05) is 0 Å². The zero-order valence-electron chi connectivity index (χ0n) is 8.48. The van der Waals surface area contributed by atoms with Crippen molar-refractivity contribution in [1.82, 2.24) is 4.57 Å². The Labute approximate surface area is 82.4 Å². The summed E-state index contributed by atoms with van der Waals surface area (Å²) in [5.74, 6) is 0. The lowest BCUT2D eigenvalue weighted by Gasteiger charge is -2.33. The number of carbonyl (C=O) groups is 1. The molecule has 0 unspecified atom stereocenters. The van der Waals surface area contributed by atoms with Gasteiger partial charge in [-0.2, -0.15) is 0 Å². The second kappa shape index (κ2) is 3.22. The van der Waals surface area contributed by atoms with E-state index in [4.69, 9.17) is 9.47 Å². The van der Waals surface area contributed by atoms with Gasteiger partial charge < -0.3 is 14.0 Å². The number of rotatable bonds is 2. The van der Waals surface area contributed by atoms with Gasteiger partial charge in [-0.25, -0.2) is 0 Å². The van der Waals surface area contributed by atoms with Crippen LogP contribution in [0.1, 0.15) is 35.0 Å². The molecule has 0 amide bonds. The van der Waals surface area contributed by atoms with Crippen LogP contribution in [-0.2, 0) is 16.5 Å². The average Bonchev–Trinajstić information content (AvgIpc) is 2.36. The fraction of sp³-hybridized carbons (Fsp3) is 0.500. The second-order valence-electron chi connectivity index (χ2n) is 3.49. The Morgan fingerprint density at radius 1 is 1.50 bits per heavy atom. The first-order chi connectivity index (χ1) is 6.63. The molecule has 1 saturated heterocycles. The molecular weight excluding hydrogens is 182 g/mol. The van der Waals surface area contributed by atoms with E-state index in [0.717, 1.165) is 17.5 Å². The van der Waals surface area contributed by atoms with Gasteiger partial charge in [0.15, 0.2) is 12.6 Å². The molecule has 2 heterocycles. The van der Waals surface area contributed by atoms with E-state index in [1.54, 1.807) is 4.57 Å². The van der Waals surface area contributed by atoms with Crippen molar-refractivity contribution in [3.8, 4) is 0 Å². The molecule has 14 heavy (non-hydrogen) atoms. The Hall–Kier alpha value is -1.13. The third kappa shape index (κ3) is 1.27. The van der Waals surface area contributed by atoms with Crippen LogP contribution < -0.4 is 0 Å². The van der Waals surface area contributed by atoms with Gasteiger partial charge in [-0.3, -0.25) is 4.79 Å². The van der Waals surface area contributed by atoms with Crippen LogP contribution in [0.4, 0.5) is 0 Å². The van der Waals surface area contributed by atoms with Crippen LogP contribution >= 0.6 is 0 Å². The minimum Gasteiger partial charge on any atom is -0.341 e. The Kier molecular flexibility index (Phi) is 2.17. The summed E-state index contributed by atoms with van der Waals surface area (Å²) in [6.45, 7) is 3.74. The van der Waals surface area contributed by atoms with Crippen LogP contribution in [0.5, 0.6) is 0 Å². The van der Waals surface area contributed by atoms with Crippen LogP contribution in [0.15, 0.2) is 6.07 Å². The third-order valence-corrected chi connectivity index (χ3v) is 2.50. The molecule has 0 aliphatic carbocycles. The summed E-state index contributed by atoms with van der Waals surface area (Å²) in [4.78, 5) is 10.8. The Morgan fingerprint density at radius 2 is 2.14 bits per heavy atom. The molecule has 76 valence electrons. The van der Waals surface area contributed by atoms with Crippen molar-refractivity contribution in [1.29, 1.82) is 0 Å². The smallest absolute Gasteiger partial charge is 0.204 e. The molecule has 0 saturated carbocycles. The fourth-order valence-electron chi connectivity index (χ4n) is 1.69. The van der Waals surface area contributed by atoms with E-state index < -0.39 is 0 Å². The van der Waals surface area contributed by atoms with Gasteiger partial charge in [0.1, 0.15) is 0 Å². The zero-order valence-corrected chi connectivity index (χ0v) is 8.48. The standard InChI is InChI=1S/C10H13NO3/c1-6-4-8(10-13-7(2)14-10)11(3)9(6)5-12/h4-5,7,10H,1-3H3. The predicted octanol–water partition coefficient (Wildman–Crippen LogP) is 1.54. The minimum absolute atomic E-state index is 0.144. The van der Waals surface area contributed by atoms with Gasteiger partial charge in [0, 0.05) is 7.05 Å². The second-order valence-corrected chi connectivity index (χ2v) is 3.49. The molecule has 1 aliphatic heterocycles. The molecular formula is C10H13NO3. The Balaban J connectivity index is 2.31. The van der Waals surface area contributed by atoms with Gasteiger partial charge in [-0.1, -0.05) is 0 Å². The quantitative estimate of drug-likeness (QED) is 0.672. The Morgan fingerprint density at radius 3 is 2.57 bits per heavy atom. The highest BCUT2D eigenvalue weighted by molar-refractivity contribution is 5.75. The van der Waals surface area contributed by atoms with E-state index in [0.29, 0.717) is 5.69 Å². The summed E-state index contributed by atoms with van der Waals surface area (Å²) in [6.07, 6.45) is 0.387. The average molecular weight is 195 g/mol. The highest BCUT2D eigenvalue weighted by Crippen LogP contribution is 2.32. The van der Waals surface area contributed by atoms with E-state index in [1.165, 1.54) is 0 Å². The van der Waals surface area contributed by atoms with E-state index >= 15 is 0 Å². The molecule has 0 spiro atoms. The predicted molar refractivity (Wildman–Crippen MR) is 49.9 cm³/mol. The van der Waals surface area contributed by atoms with Gasteiger partial charge >= 0.3 is 0 Å². The number of hydrogen-bond donors (Lipinski definition) is 0. The summed E-state index contributed by atoms with van der Waals surface area (Å²) in [5.41, 5.74) is 2.51. The monoisotopic (exact) mass is 195 g/mol. The lowest BCUT2D eigenvalue weighted by molar-refractivity contribution is -0.384.